The van der Waals surface area contributed by atoms with E-state index in [1.54, 1.807) is 0 Å². The van der Waals surface area contributed by atoms with Crippen molar-refractivity contribution in [1.82, 2.24) is 4.90 Å². The Hall–Kier alpha value is -2.11. The number of phenolic OH excluding ortho intramolecular Hbond substituents is 1. The van der Waals surface area contributed by atoms with Crippen LogP contribution >= 0.6 is 0 Å². The second-order valence-electron chi connectivity index (χ2n) is 6.78. The van der Waals surface area contributed by atoms with E-state index in [4.69, 9.17) is 0 Å². The van der Waals surface area contributed by atoms with E-state index in [2.05, 4.69) is 5.32 Å². The molecule has 1 aliphatic heterocycles. The Balaban J connectivity index is 1.63. The average molecular weight is 334 g/mol. The summed E-state index contributed by atoms with van der Waals surface area (Å²) in [6.07, 6.45) is 6.91. The maximum atomic E-state index is 13.3. The fourth-order valence-corrected chi connectivity index (χ4v) is 3.72. The summed E-state index contributed by atoms with van der Waals surface area (Å²) < 4.78 is 13.3. The molecular weight excluding hydrogens is 311 g/mol. The van der Waals surface area contributed by atoms with Gasteiger partial charge in [-0.1, -0.05) is 25.7 Å². The van der Waals surface area contributed by atoms with Crippen LogP contribution in [-0.4, -0.2) is 34.4 Å². The highest BCUT2D eigenvalue weighted by molar-refractivity contribution is 5.97. The number of carbonyl (C=O) groups excluding carboxylic acids is 2. The lowest BCUT2D eigenvalue weighted by atomic mass is 10.1. The maximum Gasteiger partial charge on any atom is 0.229 e. The largest absolute Gasteiger partial charge is 0.508 e. The number of anilines is 1. The van der Waals surface area contributed by atoms with Crippen LogP contribution in [0, 0.1) is 11.7 Å². The monoisotopic (exact) mass is 334 g/mol. The maximum absolute atomic E-state index is 13.3. The van der Waals surface area contributed by atoms with Gasteiger partial charge < -0.3 is 15.3 Å². The van der Waals surface area contributed by atoms with Gasteiger partial charge in [0.1, 0.15) is 11.6 Å². The average Bonchev–Trinajstić information content (AvgIpc) is 2.72. The summed E-state index contributed by atoms with van der Waals surface area (Å²) in [5.74, 6) is -1.56. The highest BCUT2D eigenvalue weighted by Gasteiger charge is 2.37. The molecule has 0 radical (unpaired) electrons. The predicted octanol–water partition coefficient (Wildman–Crippen LogP) is 3.04. The van der Waals surface area contributed by atoms with E-state index >= 15 is 0 Å². The zero-order valence-corrected chi connectivity index (χ0v) is 13.6. The van der Waals surface area contributed by atoms with Crippen molar-refractivity contribution in [2.45, 2.75) is 51.0 Å². The minimum atomic E-state index is -0.618. The second-order valence-corrected chi connectivity index (χ2v) is 6.78. The fourth-order valence-electron chi connectivity index (χ4n) is 3.72. The number of nitrogens with one attached hydrogen (secondary N) is 1. The number of carbonyl (C=O) groups is 2. The third-order valence-electron chi connectivity index (χ3n) is 4.94. The molecule has 5 nitrogen and oxygen atoms in total. The van der Waals surface area contributed by atoms with Gasteiger partial charge in [0.05, 0.1) is 5.92 Å². The van der Waals surface area contributed by atoms with E-state index in [1.165, 1.54) is 18.9 Å². The molecule has 1 heterocycles. The first-order chi connectivity index (χ1) is 11.5. The molecule has 1 saturated carbocycles. The van der Waals surface area contributed by atoms with Gasteiger partial charge in [-0.25, -0.2) is 4.39 Å². The van der Waals surface area contributed by atoms with Gasteiger partial charge in [-0.15, -0.1) is 0 Å². The van der Waals surface area contributed by atoms with Gasteiger partial charge in [-0.3, -0.25) is 9.59 Å². The SMILES string of the molecule is O=C(Nc1cc(O)cc(F)c1)[C@H]1CC(=O)N(C2CCCCCC2)C1. The predicted molar refractivity (Wildman–Crippen MR) is 88.0 cm³/mol. The topological polar surface area (TPSA) is 69.6 Å². The molecule has 3 rings (SSSR count). The van der Waals surface area contributed by atoms with Gasteiger partial charge in [0.15, 0.2) is 0 Å². The summed E-state index contributed by atoms with van der Waals surface area (Å²) in [5, 5.41) is 12.0. The zero-order chi connectivity index (χ0) is 17.1. The molecule has 2 amide bonds. The van der Waals surface area contributed by atoms with E-state index in [1.807, 2.05) is 4.90 Å². The van der Waals surface area contributed by atoms with Crippen molar-refractivity contribution < 1.29 is 19.1 Å². The van der Waals surface area contributed by atoms with Crippen molar-refractivity contribution in [1.29, 1.82) is 0 Å². The summed E-state index contributed by atoms with van der Waals surface area (Å²) in [5.41, 5.74) is 0.206. The molecular formula is C18H23FN2O3. The summed E-state index contributed by atoms with van der Waals surface area (Å²) in [4.78, 5) is 26.6. The van der Waals surface area contributed by atoms with Crippen LogP contribution in [0.2, 0.25) is 0 Å². The minimum absolute atomic E-state index is 0.0316. The van der Waals surface area contributed by atoms with Crippen LogP contribution in [0.4, 0.5) is 10.1 Å². The quantitative estimate of drug-likeness (QED) is 0.835. The molecule has 2 aliphatic rings. The molecule has 1 aromatic rings. The fraction of sp³-hybridized carbons (Fsp3) is 0.556. The Morgan fingerprint density at radius 1 is 1.17 bits per heavy atom. The molecule has 2 N–H and O–H groups in total. The van der Waals surface area contributed by atoms with E-state index < -0.39 is 11.7 Å². The number of hydrogen-bond donors (Lipinski definition) is 2. The van der Waals surface area contributed by atoms with Crippen LogP contribution in [0.5, 0.6) is 5.75 Å². The van der Waals surface area contributed by atoms with Crippen molar-refractivity contribution in [2.75, 3.05) is 11.9 Å². The standard InChI is InChI=1S/C18H23FN2O3/c19-13-8-14(10-16(22)9-13)20-18(24)12-7-17(23)21(11-12)15-5-3-1-2-4-6-15/h8-10,12,15,22H,1-7,11H2,(H,20,24)/t12-/m0/s1. The molecule has 0 aromatic heterocycles. The zero-order valence-electron chi connectivity index (χ0n) is 13.6. The number of amides is 2. The Kier molecular flexibility index (Phi) is 5.02. The van der Waals surface area contributed by atoms with Crippen LogP contribution in [0.15, 0.2) is 18.2 Å². The molecule has 1 aromatic carbocycles. The number of rotatable bonds is 3. The summed E-state index contributed by atoms with van der Waals surface area (Å²) in [6.45, 7) is 0.427. The lowest BCUT2D eigenvalue weighted by Crippen LogP contribution is -2.37. The van der Waals surface area contributed by atoms with Crippen LogP contribution in [0.1, 0.15) is 44.9 Å². The van der Waals surface area contributed by atoms with Crippen LogP contribution < -0.4 is 5.32 Å². The lowest BCUT2D eigenvalue weighted by Gasteiger charge is -2.27. The van der Waals surface area contributed by atoms with Gasteiger partial charge in [-0.05, 0) is 18.9 Å². The number of halogens is 1. The molecule has 1 atom stereocenters. The summed E-state index contributed by atoms with van der Waals surface area (Å²) in [7, 11) is 0. The number of aromatic hydroxyl groups is 1. The molecule has 6 heteroatoms. The first-order valence-corrected chi connectivity index (χ1v) is 8.63. The van der Waals surface area contributed by atoms with Crippen molar-refractivity contribution >= 4 is 17.5 Å². The van der Waals surface area contributed by atoms with Gasteiger partial charge in [0, 0.05) is 36.8 Å². The number of phenols is 1. The van der Waals surface area contributed by atoms with Gasteiger partial charge in [0.2, 0.25) is 11.8 Å². The highest BCUT2D eigenvalue weighted by Crippen LogP contribution is 2.29. The molecule has 0 unspecified atom stereocenters. The lowest BCUT2D eigenvalue weighted by molar-refractivity contribution is -0.130. The highest BCUT2D eigenvalue weighted by atomic mass is 19.1. The third kappa shape index (κ3) is 3.86. The van der Waals surface area contributed by atoms with E-state index in [-0.39, 0.29) is 35.7 Å². The number of hydrogen-bond acceptors (Lipinski definition) is 3. The van der Waals surface area contributed by atoms with Crippen LogP contribution in [-0.2, 0) is 9.59 Å². The van der Waals surface area contributed by atoms with Crippen molar-refractivity contribution in [3.05, 3.63) is 24.0 Å². The number of benzene rings is 1. The smallest absolute Gasteiger partial charge is 0.229 e. The minimum Gasteiger partial charge on any atom is -0.508 e. The van der Waals surface area contributed by atoms with Crippen LogP contribution in [0.25, 0.3) is 0 Å². The molecule has 24 heavy (non-hydrogen) atoms. The third-order valence-corrected chi connectivity index (χ3v) is 4.94. The summed E-state index contributed by atoms with van der Waals surface area (Å²) in [6, 6.07) is 3.66. The first-order valence-electron chi connectivity index (χ1n) is 8.63. The van der Waals surface area contributed by atoms with Gasteiger partial charge >= 0.3 is 0 Å². The van der Waals surface area contributed by atoms with Crippen molar-refractivity contribution in [3.63, 3.8) is 0 Å². The summed E-state index contributed by atoms with van der Waals surface area (Å²) >= 11 is 0. The number of likely N-dealkylation sites (tertiary alicyclic amines) is 1. The molecule has 0 bridgehead atoms. The molecule has 1 aliphatic carbocycles. The molecule has 1 saturated heterocycles. The Morgan fingerprint density at radius 3 is 2.54 bits per heavy atom. The molecule has 130 valence electrons. The van der Waals surface area contributed by atoms with Crippen molar-refractivity contribution in [3.8, 4) is 5.75 Å². The van der Waals surface area contributed by atoms with E-state index in [9.17, 15) is 19.1 Å². The Labute approximate surface area is 140 Å². The molecule has 2 fully saturated rings. The number of nitrogens with zero attached hydrogens (tertiary/aromatic N) is 1. The van der Waals surface area contributed by atoms with Gasteiger partial charge in [-0.2, -0.15) is 0 Å². The first kappa shape index (κ1) is 16.7. The normalized spacial score (nSPS) is 22.5. The van der Waals surface area contributed by atoms with E-state index in [0.29, 0.717) is 6.54 Å². The second kappa shape index (κ2) is 7.20. The Morgan fingerprint density at radius 2 is 1.88 bits per heavy atom. The molecule has 0 spiro atoms. The van der Waals surface area contributed by atoms with E-state index in [0.717, 1.165) is 37.8 Å². The van der Waals surface area contributed by atoms with Crippen molar-refractivity contribution in [2.24, 2.45) is 5.92 Å². The van der Waals surface area contributed by atoms with Crippen LogP contribution in [0.3, 0.4) is 0 Å². The van der Waals surface area contributed by atoms with Gasteiger partial charge in [0.25, 0.3) is 0 Å². The Bertz CT molecular complexity index is 606.